The summed E-state index contributed by atoms with van der Waals surface area (Å²) < 4.78 is 109. The van der Waals surface area contributed by atoms with E-state index in [1.165, 1.54) is 0 Å². The molecule has 0 fully saturated rings. The molecule has 10 heteroatoms. The van der Waals surface area contributed by atoms with Gasteiger partial charge in [0.05, 0.1) is 0 Å². The highest BCUT2D eigenvalue weighted by molar-refractivity contribution is 5.01. The van der Waals surface area contributed by atoms with Gasteiger partial charge in [-0.3, -0.25) is 0 Å². The lowest BCUT2D eigenvalue weighted by atomic mass is 10.0. The van der Waals surface area contributed by atoms with Crippen molar-refractivity contribution in [2.24, 2.45) is 0 Å². The predicted molar refractivity (Wildman–Crippen MR) is 27.9 cm³/mol. The highest BCUT2D eigenvalue weighted by atomic mass is 19.4. The fourth-order valence-corrected chi connectivity index (χ4v) is 0.631. The Morgan fingerprint density at radius 1 is 0.667 bits per heavy atom. The van der Waals surface area contributed by atoms with E-state index in [1.807, 2.05) is 0 Å². The van der Waals surface area contributed by atoms with Crippen LogP contribution >= 0.6 is 0 Å². The molecule has 0 radical (unpaired) electrons. The maximum absolute atomic E-state index is 12.5. The molecule has 0 amide bonds. The number of alkyl halides is 9. The van der Waals surface area contributed by atoms with Crippen LogP contribution in [0.2, 0.25) is 0 Å². The summed E-state index contributed by atoms with van der Waals surface area (Å²) in [5.74, 6) is 0. The monoisotopic (exact) mass is 250 g/mol. The van der Waals surface area contributed by atoms with Crippen LogP contribution in [0.25, 0.3) is 0 Å². The maximum Gasteiger partial charge on any atom is 0.440 e. The number of ether oxygens (including phenoxy) is 1. The van der Waals surface area contributed by atoms with E-state index in [9.17, 15) is 39.5 Å². The van der Waals surface area contributed by atoms with Crippen LogP contribution in [0.3, 0.4) is 0 Å². The van der Waals surface area contributed by atoms with Gasteiger partial charge in [0.25, 0.3) is 0 Å². The molecule has 0 aromatic carbocycles. The molecule has 0 saturated carbocycles. The minimum absolute atomic E-state index is 0.175. The van der Waals surface area contributed by atoms with E-state index in [0.717, 1.165) is 0 Å². The number of methoxy groups -OCH3 is 1. The topological polar surface area (TPSA) is 9.23 Å². The van der Waals surface area contributed by atoms with Crippen LogP contribution in [0.15, 0.2) is 0 Å². The first-order valence-corrected chi connectivity index (χ1v) is 3.06. The standard InChI is InChI=1S/C5H3F9O/c1-15-5(13,14)2(6,3(7,8)9)4(10,11)12/h1H3. The van der Waals surface area contributed by atoms with Crippen molar-refractivity contribution in [1.82, 2.24) is 0 Å². The Balaban J connectivity index is 5.65. The zero-order valence-electron chi connectivity index (χ0n) is 6.81. The third kappa shape index (κ3) is 1.99. The van der Waals surface area contributed by atoms with Gasteiger partial charge in [0.15, 0.2) is 0 Å². The van der Waals surface area contributed by atoms with E-state index < -0.39 is 24.1 Å². The van der Waals surface area contributed by atoms with Crippen molar-refractivity contribution in [3.8, 4) is 0 Å². The van der Waals surface area contributed by atoms with Gasteiger partial charge >= 0.3 is 24.1 Å². The Morgan fingerprint density at radius 2 is 0.933 bits per heavy atom. The van der Waals surface area contributed by atoms with Gasteiger partial charge < -0.3 is 4.74 Å². The molecule has 0 N–H and O–H groups in total. The summed E-state index contributed by atoms with van der Waals surface area (Å²) in [4.78, 5) is 0. The summed E-state index contributed by atoms with van der Waals surface area (Å²) in [6, 6.07) is 0. The van der Waals surface area contributed by atoms with Crippen LogP contribution in [0, 0.1) is 0 Å². The van der Waals surface area contributed by atoms with Crippen molar-refractivity contribution in [3.05, 3.63) is 0 Å². The van der Waals surface area contributed by atoms with Gasteiger partial charge in [-0.2, -0.15) is 35.1 Å². The Labute approximate surface area is 76.8 Å². The van der Waals surface area contributed by atoms with Gasteiger partial charge in [0, 0.05) is 7.11 Å². The molecule has 0 aliphatic carbocycles. The van der Waals surface area contributed by atoms with E-state index >= 15 is 0 Å². The van der Waals surface area contributed by atoms with Crippen LogP contribution in [0.1, 0.15) is 0 Å². The summed E-state index contributed by atoms with van der Waals surface area (Å²) in [7, 11) is -0.175. The first kappa shape index (κ1) is 14.3. The average molecular weight is 250 g/mol. The first-order chi connectivity index (χ1) is 6.31. The Bertz CT molecular complexity index is 212. The molecular formula is C5H3F9O. The molecule has 0 spiro atoms. The van der Waals surface area contributed by atoms with E-state index in [4.69, 9.17) is 0 Å². The summed E-state index contributed by atoms with van der Waals surface area (Å²) in [5, 5.41) is 0. The SMILES string of the molecule is COC(F)(F)C(F)(C(F)(F)F)C(F)(F)F. The molecule has 0 aliphatic rings. The van der Waals surface area contributed by atoms with Gasteiger partial charge in [-0.25, -0.2) is 4.39 Å². The van der Waals surface area contributed by atoms with Gasteiger partial charge in [-0.1, -0.05) is 0 Å². The zero-order valence-corrected chi connectivity index (χ0v) is 6.81. The molecule has 0 rings (SSSR count). The second-order valence-corrected chi connectivity index (χ2v) is 2.37. The molecule has 0 aromatic rings. The molecule has 92 valence electrons. The van der Waals surface area contributed by atoms with Gasteiger partial charge in [0.2, 0.25) is 0 Å². The minimum Gasteiger partial charge on any atom is -0.321 e. The lowest BCUT2D eigenvalue weighted by Crippen LogP contribution is -2.65. The minimum atomic E-state index is -6.84. The van der Waals surface area contributed by atoms with E-state index in [2.05, 4.69) is 4.74 Å². The number of rotatable bonds is 2. The van der Waals surface area contributed by atoms with Crippen LogP contribution < -0.4 is 0 Å². The second-order valence-electron chi connectivity index (χ2n) is 2.37. The van der Waals surface area contributed by atoms with Gasteiger partial charge in [0.1, 0.15) is 0 Å². The first-order valence-electron chi connectivity index (χ1n) is 3.06. The van der Waals surface area contributed by atoms with Crippen molar-refractivity contribution >= 4 is 0 Å². The van der Waals surface area contributed by atoms with Crippen molar-refractivity contribution in [3.63, 3.8) is 0 Å². The summed E-state index contributed by atoms with van der Waals surface area (Å²) in [5.41, 5.74) is -6.73. The van der Waals surface area contributed by atoms with Crippen molar-refractivity contribution in [1.29, 1.82) is 0 Å². The lowest BCUT2D eigenvalue weighted by Gasteiger charge is -2.34. The van der Waals surface area contributed by atoms with E-state index in [1.54, 1.807) is 0 Å². The van der Waals surface area contributed by atoms with Gasteiger partial charge in [-0.05, 0) is 0 Å². The number of hydrogen-bond acceptors (Lipinski definition) is 1. The largest absolute Gasteiger partial charge is 0.440 e. The third-order valence-electron chi connectivity index (χ3n) is 1.44. The highest BCUT2D eigenvalue weighted by Crippen LogP contribution is 2.54. The molecular weight excluding hydrogens is 247 g/mol. The maximum atomic E-state index is 12.5. The fraction of sp³-hybridized carbons (Fsp3) is 1.00. The number of hydrogen-bond donors (Lipinski definition) is 0. The highest BCUT2D eigenvalue weighted by Gasteiger charge is 2.85. The number of halogens is 9. The normalized spacial score (nSPS) is 15.6. The third-order valence-corrected chi connectivity index (χ3v) is 1.44. The van der Waals surface area contributed by atoms with E-state index in [-0.39, 0.29) is 7.11 Å². The quantitative estimate of drug-likeness (QED) is 0.684. The zero-order chi connectivity index (χ0) is 12.7. The summed E-state index contributed by atoms with van der Waals surface area (Å²) in [6.45, 7) is 0. The van der Waals surface area contributed by atoms with Crippen LogP contribution in [0.4, 0.5) is 39.5 Å². The van der Waals surface area contributed by atoms with Crippen LogP contribution in [0.5, 0.6) is 0 Å². The Kier molecular flexibility index (Phi) is 3.27. The average Bonchev–Trinajstić information content (AvgIpc) is 1.98. The molecule has 0 heterocycles. The molecule has 0 atom stereocenters. The Morgan fingerprint density at radius 3 is 1.00 bits per heavy atom. The summed E-state index contributed by atoms with van der Waals surface area (Å²) >= 11 is 0. The Hall–Kier alpha value is -0.670. The molecule has 0 bridgehead atoms. The van der Waals surface area contributed by atoms with E-state index in [0.29, 0.717) is 0 Å². The molecule has 0 aromatic heterocycles. The molecule has 1 nitrogen and oxygen atoms in total. The molecule has 0 saturated heterocycles. The second kappa shape index (κ2) is 3.42. The molecule has 0 unspecified atom stereocenters. The van der Waals surface area contributed by atoms with Crippen molar-refractivity contribution in [2.45, 2.75) is 24.1 Å². The summed E-state index contributed by atoms with van der Waals surface area (Å²) in [6.07, 6.45) is -19.7. The van der Waals surface area contributed by atoms with Gasteiger partial charge in [-0.15, -0.1) is 0 Å². The lowest BCUT2D eigenvalue weighted by molar-refractivity contribution is -0.445. The molecule has 15 heavy (non-hydrogen) atoms. The molecule has 0 aliphatic heterocycles. The van der Waals surface area contributed by atoms with Crippen LogP contribution in [-0.2, 0) is 4.74 Å². The smallest absolute Gasteiger partial charge is 0.321 e. The van der Waals surface area contributed by atoms with Crippen molar-refractivity contribution in [2.75, 3.05) is 7.11 Å². The van der Waals surface area contributed by atoms with Crippen molar-refractivity contribution < 1.29 is 44.3 Å². The fourth-order valence-electron chi connectivity index (χ4n) is 0.631. The predicted octanol–water partition coefficient (Wildman–Crippen LogP) is 3.06. The van der Waals surface area contributed by atoms with Crippen LogP contribution in [-0.4, -0.2) is 31.2 Å².